The van der Waals surface area contributed by atoms with Gasteiger partial charge in [-0.1, -0.05) is 44.2 Å². The highest BCUT2D eigenvalue weighted by Gasteiger charge is 2.19. The first-order chi connectivity index (χ1) is 13.9. The van der Waals surface area contributed by atoms with Gasteiger partial charge in [-0.3, -0.25) is 9.59 Å². The molecule has 0 radical (unpaired) electrons. The van der Waals surface area contributed by atoms with E-state index in [0.29, 0.717) is 11.6 Å². The van der Waals surface area contributed by atoms with E-state index < -0.39 is 0 Å². The molecule has 0 aliphatic rings. The molecular weight excluding hydrogens is 366 g/mol. The molecular formula is C23H32N3O3+. The van der Waals surface area contributed by atoms with Crippen LogP contribution in [0.15, 0.2) is 54.6 Å². The van der Waals surface area contributed by atoms with Gasteiger partial charge < -0.3 is 20.3 Å². The smallest absolute Gasteiger partial charge is 0.279 e. The van der Waals surface area contributed by atoms with Crippen molar-refractivity contribution in [1.29, 1.82) is 0 Å². The zero-order valence-electron chi connectivity index (χ0n) is 17.7. The van der Waals surface area contributed by atoms with E-state index in [1.54, 1.807) is 31.4 Å². The van der Waals surface area contributed by atoms with E-state index in [9.17, 15) is 9.59 Å². The average molecular weight is 399 g/mol. The van der Waals surface area contributed by atoms with Gasteiger partial charge in [0.2, 0.25) is 0 Å². The van der Waals surface area contributed by atoms with E-state index in [2.05, 4.69) is 24.5 Å². The summed E-state index contributed by atoms with van der Waals surface area (Å²) in [5.74, 6) is 0.995. The third kappa shape index (κ3) is 7.95. The van der Waals surface area contributed by atoms with Crippen molar-refractivity contribution >= 4 is 17.5 Å². The second-order valence-electron chi connectivity index (χ2n) is 7.75. The van der Waals surface area contributed by atoms with Crippen LogP contribution < -0.4 is 20.3 Å². The number of quaternary nitrogens is 1. The third-order valence-electron chi connectivity index (χ3n) is 4.54. The van der Waals surface area contributed by atoms with Gasteiger partial charge in [-0.15, -0.1) is 0 Å². The van der Waals surface area contributed by atoms with Crippen LogP contribution in [0.4, 0.5) is 5.69 Å². The zero-order valence-corrected chi connectivity index (χ0v) is 17.7. The van der Waals surface area contributed by atoms with Crippen molar-refractivity contribution in [3.63, 3.8) is 0 Å². The maximum Gasteiger partial charge on any atom is 0.279 e. The molecule has 0 aromatic heterocycles. The Balaban J connectivity index is 1.85. The minimum Gasteiger partial charge on any atom is -0.497 e. The van der Waals surface area contributed by atoms with Gasteiger partial charge in [-0.05, 0) is 42.2 Å². The van der Waals surface area contributed by atoms with Crippen LogP contribution in [0.3, 0.4) is 0 Å². The van der Waals surface area contributed by atoms with Crippen LogP contribution in [0.1, 0.15) is 31.9 Å². The summed E-state index contributed by atoms with van der Waals surface area (Å²) in [6, 6.07) is 17.1. The molecule has 1 unspecified atom stereocenters. The molecule has 0 saturated carbocycles. The fourth-order valence-corrected chi connectivity index (χ4v) is 3.17. The molecule has 0 saturated heterocycles. The van der Waals surface area contributed by atoms with Crippen molar-refractivity contribution in [2.24, 2.45) is 5.92 Å². The topological polar surface area (TPSA) is 71.9 Å². The minimum absolute atomic E-state index is 0.0235. The molecule has 6 heteroatoms. The molecule has 0 fully saturated rings. The molecule has 0 bridgehead atoms. The van der Waals surface area contributed by atoms with E-state index in [4.69, 9.17) is 4.74 Å². The predicted molar refractivity (Wildman–Crippen MR) is 115 cm³/mol. The quantitative estimate of drug-likeness (QED) is 0.574. The van der Waals surface area contributed by atoms with Gasteiger partial charge in [-0.2, -0.15) is 0 Å². The lowest BCUT2D eigenvalue weighted by Gasteiger charge is -2.22. The molecule has 3 N–H and O–H groups in total. The number of anilines is 1. The maximum atomic E-state index is 12.6. The number of rotatable bonds is 10. The third-order valence-corrected chi connectivity index (χ3v) is 4.54. The molecule has 0 aliphatic carbocycles. The number of nitrogens with one attached hydrogen (secondary N) is 3. The highest BCUT2D eigenvalue weighted by molar-refractivity contribution is 5.91. The Labute approximate surface area is 173 Å². The number of methoxy groups -OCH3 is 1. The predicted octanol–water partition coefficient (Wildman–Crippen LogP) is 2.05. The Morgan fingerprint density at radius 2 is 1.59 bits per heavy atom. The first-order valence-corrected chi connectivity index (χ1v) is 9.97. The molecule has 156 valence electrons. The molecule has 2 rings (SSSR count). The van der Waals surface area contributed by atoms with Crippen molar-refractivity contribution < 1.29 is 19.2 Å². The Hall–Kier alpha value is -2.86. The Bertz CT molecular complexity index is 776. The van der Waals surface area contributed by atoms with E-state index in [1.807, 2.05) is 37.4 Å². The van der Waals surface area contributed by atoms with E-state index in [1.165, 1.54) is 0 Å². The van der Waals surface area contributed by atoms with Gasteiger partial charge in [0, 0.05) is 5.69 Å². The number of hydrogen-bond donors (Lipinski definition) is 3. The maximum absolute atomic E-state index is 12.6. The van der Waals surface area contributed by atoms with Crippen molar-refractivity contribution in [3.05, 3.63) is 60.2 Å². The van der Waals surface area contributed by atoms with Crippen LogP contribution in [0.25, 0.3) is 0 Å². The molecule has 2 atom stereocenters. The molecule has 0 heterocycles. The second kappa shape index (κ2) is 11.2. The molecule has 0 spiro atoms. The fraction of sp³-hybridized carbons (Fsp3) is 0.391. The standard InChI is InChI=1S/C23H31N3O3/c1-17(2)14-21(18-8-6-5-7-9-18)25-23(28)16-26(3)15-22(27)24-19-10-12-20(29-4)13-11-19/h5-13,17,21H,14-16H2,1-4H3,(H,24,27)(H,25,28)/p+1/t21-/m0/s1. The van der Waals surface area contributed by atoms with Crippen molar-refractivity contribution in [1.82, 2.24) is 5.32 Å². The summed E-state index contributed by atoms with van der Waals surface area (Å²) >= 11 is 0. The summed E-state index contributed by atoms with van der Waals surface area (Å²) in [6.07, 6.45) is 0.868. The summed E-state index contributed by atoms with van der Waals surface area (Å²) in [4.78, 5) is 25.6. The highest BCUT2D eigenvalue weighted by atomic mass is 16.5. The molecule has 6 nitrogen and oxygen atoms in total. The first-order valence-electron chi connectivity index (χ1n) is 9.97. The number of likely N-dealkylation sites (N-methyl/N-ethyl adjacent to an activating group) is 1. The van der Waals surface area contributed by atoms with Gasteiger partial charge in [0.1, 0.15) is 5.75 Å². The van der Waals surface area contributed by atoms with Gasteiger partial charge >= 0.3 is 0 Å². The number of benzene rings is 2. The van der Waals surface area contributed by atoms with Crippen molar-refractivity contribution in [3.8, 4) is 5.75 Å². The van der Waals surface area contributed by atoms with Gasteiger partial charge in [0.05, 0.1) is 20.2 Å². The molecule has 2 aromatic carbocycles. The monoisotopic (exact) mass is 398 g/mol. The highest BCUT2D eigenvalue weighted by Crippen LogP contribution is 2.20. The van der Waals surface area contributed by atoms with Crippen molar-refractivity contribution in [2.75, 3.05) is 32.6 Å². The van der Waals surface area contributed by atoms with Crippen LogP contribution in [-0.4, -0.2) is 39.1 Å². The second-order valence-corrected chi connectivity index (χ2v) is 7.75. The number of hydrogen-bond acceptors (Lipinski definition) is 3. The van der Waals surface area contributed by atoms with Gasteiger partial charge in [-0.25, -0.2) is 0 Å². The lowest BCUT2D eigenvalue weighted by Crippen LogP contribution is -3.11. The minimum atomic E-state index is -0.137. The molecule has 2 amide bonds. The molecule has 0 aliphatic heterocycles. The van der Waals surface area contributed by atoms with E-state index in [-0.39, 0.29) is 30.9 Å². The summed E-state index contributed by atoms with van der Waals surface area (Å²) in [7, 11) is 3.44. The molecule has 2 aromatic rings. The number of carbonyl (C=O) groups is 2. The number of carbonyl (C=O) groups excluding carboxylic acids is 2. The number of amides is 2. The Morgan fingerprint density at radius 3 is 2.17 bits per heavy atom. The lowest BCUT2D eigenvalue weighted by atomic mass is 9.97. The van der Waals surface area contributed by atoms with Gasteiger partial charge in [0.15, 0.2) is 13.1 Å². The average Bonchev–Trinajstić information content (AvgIpc) is 2.68. The summed E-state index contributed by atoms with van der Waals surface area (Å²) in [5.41, 5.74) is 1.80. The normalized spacial score (nSPS) is 12.9. The fourth-order valence-electron chi connectivity index (χ4n) is 3.17. The van der Waals surface area contributed by atoms with Gasteiger partial charge in [0.25, 0.3) is 11.8 Å². The summed E-state index contributed by atoms with van der Waals surface area (Å²) in [6.45, 7) is 4.73. The first kappa shape index (κ1) is 22.4. The van der Waals surface area contributed by atoms with Crippen LogP contribution >= 0.6 is 0 Å². The van der Waals surface area contributed by atoms with Crippen LogP contribution in [-0.2, 0) is 9.59 Å². The van der Waals surface area contributed by atoms with Crippen LogP contribution in [0.5, 0.6) is 5.75 Å². The van der Waals surface area contributed by atoms with E-state index in [0.717, 1.165) is 22.6 Å². The summed E-state index contributed by atoms with van der Waals surface area (Å²) < 4.78 is 5.11. The largest absolute Gasteiger partial charge is 0.497 e. The Kier molecular flexibility index (Phi) is 8.68. The van der Waals surface area contributed by atoms with Crippen LogP contribution in [0.2, 0.25) is 0 Å². The SMILES string of the molecule is COc1ccc(NC(=O)C[NH+](C)CC(=O)N[C@@H](CC(C)C)c2ccccc2)cc1. The van der Waals surface area contributed by atoms with Crippen LogP contribution in [0, 0.1) is 5.92 Å². The van der Waals surface area contributed by atoms with Crippen molar-refractivity contribution in [2.45, 2.75) is 26.3 Å². The summed E-state index contributed by atoms with van der Waals surface area (Å²) in [5, 5.41) is 5.97. The number of ether oxygens (including phenoxy) is 1. The van der Waals surface area contributed by atoms with E-state index >= 15 is 0 Å². The zero-order chi connectivity index (χ0) is 21.2. The Morgan fingerprint density at radius 1 is 0.966 bits per heavy atom. The lowest BCUT2D eigenvalue weighted by molar-refractivity contribution is -0.862. The molecule has 29 heavy (non-hydrogen) atoms.